The third-order valence-electron chi connectivity index (χ3n) is 3.55. The molecule has 1 heterocycles. The first-order valence-corrected chi connectivity index (χ1v) is 6.59. The van der Waals surface area contributed by atoms with Crippen molar-refractivity contribution in [1.82, 2.24) is 4.57 Å². The molecule has 0 N–H and O–H groups in total. The summed E-state index contributed by atoms with van der Waals surface area (Å²) in [7, 11) is 1.44. The van der Waals surface area contributed by atoms with E-state index < -0.39 is 0 Å². The van der Waals surface area contributed by atoms with Crippen LogP contribution in [0.2, 0.25) is 0 Å². The zero-order valence-corrected chi connectivity index (χ0v) is 11.5. The van der Waals surface area contributed by atoms with Crippen molar-refractivity contribution in [2.24, 2.45) is 0 Å². The van der Waals surface area contributed by atoms with E-state index in [0.717, 1.165) is 17.2 Å². The first kappa shape index (κ1) is 13.4. The monoisotopic (exact) mass is 283 g/mol. The average molecular weight is 283 g/mol. The van der Waals surface area contributed by atoms with Gasteiger partial charge in [0, 0.05) is 22.7 Å². The molecule has 0 fully saturated rings. The summed E-state index contributed by atoms with van der Waals surface area (Å²) in [5.74, 6) is -0.148. The molecular weight excluding hydrogens is 269 g/mol. The average Bonchev–Trinajstić information content (AvgIpc) is 2.92. The maximum Gasteiger partial charge on any atom is 0.170 e. The highest BCUT2D eigenvalue weighted by Gasteiger charge is 2.11. The topological polar surface area (TPSA) is 31.2 Å². The summed E-state index contributed by atoms with van der Waals surface area (Å²) in [6.45, 7) is 0.345. The molecule has 0 atom stereocenters. The summed E-state index contributed by atoms with van der Waals surface area (Å²) in [6, 6.07) is 12.5. The van der Waals surface area contributed by atoms with Crippen molar-refractivity contribution in [2.45, 2.75) is 6.54 Å². The number of carbonyl (C=O) groups is 1. The zero-order chi connectivity index (χ0) is 14.8. The fourth-order valence-corrected chi connectivity index (χ4v) is 2.54. The molecule has 3 nitrogen and oxygen atoms in total. The largest absolute Gasteiger partial charge is 0.494 e. The lowest BCUT2D eigenvalue weighted by Crippen LogP contribution is -2.03. The Bertz CT molecular complexity index is 808. The highest BCUT2D eigenvalue weighted by atomic mass is 19.1. The minimum absolute atomic E-state index is 0.222. The molecule has 0 saturated heterocycles. The van der Waals surface area contributed by atoms with E-state index in [1.807, 2.05) is 29.0 Å². The number of para-hydroxylation sites is 1. The number of ether oxygens (including phenoxy) is 1. The predicted octanol–water partition coefficient (Wildman–Crippen LogP) is 3.65. The lowest BCUT2D eigenvalue weighted by atomic mass is 10.1. The Labute approximate surface area is 121 Å². The highest BCUT2D eigenvalue weighted by molar-refractivity contribution is 5.96. The van der Waals surface area contributed by atoms with Crippen LogP contribution in [0, 0.1) is 5.82 Å². The second-order valence-corrected chi connectivity index (χ2v) is 4.78. The Hall–Kier alpha value is -2.62. The van der Waals surface area contributed by atoms with Gasteiger partial charge in [-0.2, -0.15) is 0 Å². The standard InChI is InChI=1S/C17H14FNO2/c1-21-15-7-3-5-13(16(15)18)10-19-9-8-12-4-2-6-14(11-20)17(12)19/h2-9,11H,10H2,1H3. The van der Waals surface area contributed by atoms with Crippen molar-refractivity contribution in [2.75, 3.05) is 7.11 Å². The summed E-state index contributed by atoms with van der Waals surface area (Å²) < 4.78 is 21.1. The van der Waals surface area contributed by atoms with Crippen molar-refractivity contribution in [3.63, 3.8) is 0 Å². The Morgan fingerprint density at radius 3 is 2.76 bits per heavy atom. The van der Waals surface area contributed by atoms with Crippen LogP contribution in [0.4, 0.5) is 4.39 Å². The van der Waals surface area contributed by atoms with Gasteiger partial charge in [0.1, 0.15) is 0 Å². The number of nitrogens with zero attached hydrogens (tertiary/aromatic N) is 1. The van der Waals surface area contributed by atoms with Crippen LogP contribution in [-0.4, -0.2) is 18.0 Å². The molecule has 2 aromatic carbocycles. The Morgan fingerprint density at radius 1 is 1.19 bits per heavy atom. The second-order valence-electron chi connectivity index (χ2n) is 4.78. The van der Waals surface area contributed by atoms with Crippen LogP contribution in [-0.2, 0) is 6.54 Å². The molecule has 0 bridgehead atoms. The van der Waals surface area contributed by atoms with Gasteiger partial charge in [0.2, 0.25) is 0 Å². The lowest BCUT2D eigenvalue weighted by molar-refractivity contribution is 0.112. The molecule has 106 valence electrons. The predicted molar refractivity (Wildman–Crippen MR) is 79.4 cm³/mol. The van der Waals surface area contributed by atoms with Gasteiger partial charge in [-0.25, -0.2) is 4.39 Å². The van der Waals surface area contributed by atoms with Crippen LogP contribution >= 0.6 is 0 Å². The zero-order valence-electron chi connectivity index (χ0n) is 11.5. The molecule has 3 aromatic rings. The van der Waals surface area contributed by atoms with Gasteiger partial charge in [0.25, 0.3) is 0 Å². The number of aldehydes is 1. The minimum atomic E-state index is -0.370. The molecule has 0 radical (unpaired) electrons. The van der Waals surface area contributed by atoms with Crippen LogP contribution in [0.1, 0.15) is 15.9 Å². The van der Waals surface area contributed by atoms with Gasteiger partial charge in [-0.1, -0.05) is 24.3 Å². The normalized spacial score (nSPS) is 10.8. The lowest BCUT2D eigenvalue weighted by Gasteiger charge is -2.10. The molecule has 21 heavy (non-hydrogen) atoms. The molecule has 0 aliphatic carbocycles. The Morgan fingerprint density at radius 2 is 2.00 bits per heavy atom. The van der Waals surface area contributed by atoms with Gasteiger partial charge in [-0.15, -0.1) is 0 Å². The number of fused-ring (bicyclic) bond motifs is 1. The summed E-state index contributed by atoms with van der Waals surface area (Å²) in [5.41, 5.74) is 1.93. The van der Waals surface area contributed by atoms with Crippen LogP contribution in [0.5, 0.6) is 5.75 Å². The van der Waals surface area contributed by atoms with Crippen molar-refractivity contribution < 1.29 is 13.9 Å². The van der Waals surface area contributed by atoms with E-state index in [1.165, 1.54) is 7.11 Å². The van der Waals surface area contributed by atoms with E-state index in [0.29, 0.717) is 17.7 Å². The number of hydrogen-bond acceptors (Lipinski definition) is 2. The minimum Gasteiger partial charge on any atom is -0.494 e. The van der Waals surface area contributed by atoms with Gasteiger partial charge < -0.3 is 9.30 Å². The summed E-state index contributed by atoms with van der Waals surface area (Å²) in [4.78, 5) is 11.2. The summed E-state index contributed by atoms with van der Waals surface area (Å²) >= 11 is 0. The van der Waals surface area contributed by atoms with Crippen molar-refractivity contribution in [3.8, 4) is 5.75 Å². The summed E-state index contributed by atoms with van der Waals surface area (Å²) in [6.07, 6.45) is 2.68. The molecular formula is C17H14FNO2. The van der Waals surface area contributed by atoms with E-state index in [4.69, 9.17) is 4.74 Å². The van der Waals surface area contributed by atoms with Gasteiger partial charge in [-0.05, 0) is 18.2 Å². The van der Waals surface area contributed by atoms with Crippen molar-refractivity contribution in [1.29, 1.82) is 0 Å². The van der Waals surface area contributed by atoms with Gasteiger partial charge >= 0.3 is 0 Å². The second kappa shape index (κ2) is 5.40. The van der Waals surface area contributed by atoms with Gasteiger partial charge in [-0.3, -0.25) is 4.79 Å². The van der Waals surface area contributed by atoms with E-state index >= 15 is 0 Å². The molecule has 0 aliphatic rings. The Balaban J connectivity index is 2.09. The summed E-state index contributed by atoms with van der Waals surface area (Å²) in [5, 5.41) is 0.961. The van der Waals surface area contributed by atoms with Crippen LogP contribution in [0.25, 0.3) is 10.9 Å². The van der Waals surface area contributed by atoms with Crippen LogP contribution < -0.4 is 4.74 Å². The van der Waals surface area contributed by atoms with E-state index in [2.05, 4.69) is 0 Å². The fourth-order valence-electron chi connectivity index (χ4n) is 2.54. The van der Waals surface area contributed by atoms with Crippen molar-refractivity contribution >= 4 is 17.2 Å². The molecule has 0 saturated carbocycles. The van der Waals surface area contributed by atoms with Gasteiger partial charge in [0.15, 0.2) is 17.9 Å². The maximum absolute atomic E-state index is 14.2. The molecule has 0 spiro atoms. The van der Waals surface area contributed by atoms with E-state index in [9.17, 15) is 9.18 Å². The first-order valence-electron chi connectivity index (χ1n) is 6.59. The number of rotatable bonds is 4. The molecule has 4 heteroatoms. The number of carbonyl (C=O) groups excluding carboxylic acids is 1. The van der Waals surface area contributed by atoms with Crippen LogP contribution in [0.15, 0.2) is 48.7 Å². The fraction of sp³-hybridized carbons (Fsp3) is 0.118. The number of halogens is 1. The SMILES string of the molecule is COc1cccc(Cn2ccc3cccc(C=O)c32)c1F. The van der Waals surface area contributed by atoms with Gasteiger partial charge in [0.05, 0.1) is 19.2 Å². The van der Waals surface area contributed by atoms with E-state index in [-0.39, 0.29) is 11.6 Å². The number of hydrogen-bond donors (Lipinski definition) is 0. The van der Waals surface area contributed by atoms with Crippen molar-refractivity contribution in [3.05, 3.63) is 65.6 Å². The maximum atomic E-state index is 14.2. The highest BCUT2D eigenvalue weighted by Crippen LogP contribution is 2.24. The molecule has 0 amide bonds. The third kappa shape index (κ3) is 2.29. The molecule has 3 rings (SSSR count). The number of benzene rings is 2. The van der Waals surface area contributed by atoms with E-state index in [1.54, 1.807) is 24.3 Å². The van der Waals surface area contributed by atoms with Crippen LogP contribution in [0.3, 0.4) is 0 Å². The Kier molecular flexibility index (Phi) is 3.44. The molecule has 1 aromatic heterocycles. The molecule has 0 aliphatic heterocycles. The first-order chi connectivity index (χ1) is 10.2. The number of methoxy groups -OCH3 is 1. The number of aromatic nitrogens is 1. The third-order valence-corrected chi connectivity index (χ3v) is 3.55. The molecule has 0 unspecified atom stereocenters. The smallest absolute Gasteiger partial charge is 0.170 e. The quantitative estimate of drug-likeness (QED) is 0.684.